The first-order chi connectivity index (χ1) is 10.2. The van der Waals surface area contributed by atoms with Gasteiger partial charge >= 0.3 is 0 Å². The van der Waals surface area contributed by atoms with E-state index in [1.54, 1.807) is 7.11 Å². The van der Waals surface area contributed by atoms with Crippen LogP contribution >= 0.6 is 11.3 Å². The van der Waals surface area contributed by atoms with Gasteiger partial charge in [0.25, 0.3) is 5.89 Å². The Hall–Kier alpha value is -2.25. The minimum Gasteiger partial charge on any atom is -0.496 e. The fraction of sp³-hybridized carbons (Fsp3) is 0.214. The number of nitrogens with two attached hydrogens (primary N) is 1. The Morgan fingerprint density at radius 2 is 2.19 bits per heavy atom. The van der Waals surface area contributed by atoms with Crippen molar-refractivity contribution in [1.82, 2.24) is 15.1 Å². The Labute approximate surface area is 125 Å². The van der Waals surface area contributed by atoms with Crippen molar-refractivity contribution < 1.29 is 9.26 Å². The van der Waals surface area contributed by atoms with E-state index in [1.807, 2.05) is 30.5 Å². The lowest BCUT2D eigenvalue weighted by molar-refractivity contribution is 0.413. The minimum atomic E-state index is 0.378. The van der Waals surface area contributed by atoms with Crippen molar-refractivity contribution >= 4 is 11.3 Å². The summed E-state index contributed by atoms with van der Waals surface area (Å²) in [6.45, 7) is 2.40. The number of aromatic nitrogens is 3. The molecule has 1 aromatic carbocycles. The first-order valence-corrected chi connectivity index (χ1v) is 7.23. The summed E-state index contributed by atoms with van der Waals surface area (Å²) in [5.74, 6) is 1.57. The second kappa shape index (κ2) is 5.63. The molecule has 0 saturated heterocycles. The number of ether oxygens (including phenoxy) is 1. The summed E-state index contributed by atoms with van der Waals surface area (Å²) >= 11 is 1.47. The van der Waals surface area contributed by atoms with Crippen molar-refractivity contribution in [3.8, 4) is 28.7 Å². The number of rotatable bonds is 4. The smallest absolute Gasteiger partial charge is 0.277 e. The zero-order valence-electron chi connectivity index (χ0n) is 11.7. The van der Waals surface area contributed by atoms with Gasteiger partial charge in [0.15, 0.2) is 0 Å². The van der Waals surface area contributed by atoms with Crippen molar-refractivity contribution in [3.63, 3.8) is 0 Å². The molecule has 2 heterocycles. The van der Waals surface area contributed by atoms with E-state index >= 15 is 0 Å². The standard InChI is InChI=1S/C14H14N4O2S/c1-8-3-4-9(11(5-8)19-2)13-17-14(20-18-13)10-7-21-12(6-15)16-10/h3-5,7H,6,15H2,1-2H3. The van der Waals surface area contributed by atoms with E-state index in [-0.39, 0.29) is 0 Å². The molecule has 7 heteroatoms. The Morgan fingerprint density at radius 1 is 1.33 bits per heavy atom. The molecule has 21 heavy (non-hydrogen) atoms. The summed E-state index contributed by atoms with van der Waals surface area (Å²) < 4.78 is 10.6. The third kappa shape index (κ3) is 2.65. The maximum Gasteiger partial charge on any atom is 0.277 e. The molecule has 0 aliphatic heterocycles. The van der Waals surface area contributed by atoms with Crippen molar-refractivity contribution in [2.24, 2.45) is 5.73 Å². The van der Waals surface area contributed by atoms with E-state index in [4.69, 9.17) is 15.0 Å². The van der Waals surface area contributed by atoms with Crippen LogP contribution in [0.2, 0.25) is 0 Å². The van der Waals surface area contributed by atoms with Gasteiger partial charge < -0.3 is 15.0 Å². The monoisotopic (exact) mass is 302 g/mol. The van der Waals surface area contributed by atoms with E-state index in [0.717, 1.165) is 16.1 Å². The predicted molar refractivity (Wildman–Crippen MR) is 80.0 cm³/mol. The van der Waals surface area contributed by atoms with E-state index < -0.39 is 0 Å². The van der Waals surface area contributed by atoms with Gasteiger partial charge in [-0.25, -0.2) is 4.98 Å². The summed E-state index contributed by atoms with van der Waals surface area (Å²) in [5.41, 5.74) is 8.09. The summed E-state index contributed by atoms with van der Waals surface area (Å²) in [7, 11) is 1.62. The fourth-order valence-electron chi connectivity index (χ4n) is 1.92. The lowest BCUT2D eigenvalue weighted by Gasteiger charge is -2.05. The highest BCUT2D eigenvalue weighted by Gasteiger charge is 2.16. The Morgan fingerprint density at radius 3 is 2.90 bits per heavy atom. The van der Waals surface area contributed by atoms with Gasteiger partial charge in [0.1, 0.15) is 16.5 Å². The molecule has 3 aromatic rings. The summed E-state index contributed by atoms with van der Waals surface area (Å²) in [4.78, 5) is 8.71. The van der Waals surface area contributed by atoms with Crippen LogP contribution in [0.3, 0.4) is 0 Å². The molecule has 0 atom stereocenters. The third-order valence-corrected chi connectivity index (χ3v) is 3.84. The van der Waals surface area contributed by atoms with Crippen LogP contribution in [0.5, 0.6) is 5.75 Å². The maximum atomic E-state index is 5.55. The molecule has 0 aliphatic carbocycles. The molecule has 0 bridgehead atoms. The zero-order valence-corrected chi connectivity index (χ0v) is 12.5. The first kappa shape index (κ1) is 13.7. The molecule has 0 amide bonds. The SMILES string of the molecule is COc1cc(C)ccc1-c1noc(-c2csc(CN)n2)n1. The van der Waals surface area contributed by atoms with Crippen molar-refractivity contribution in [2.45, 2.75) is 13.5 Å². The highest BCUT2D eigenvalue weighted by molar-refractivity contribution is 7.09. The first-order valence-electron chi connectivity index (χ1n) is 6.35. The van der Waals surface area contributed by atoms with Gasteiger partial charge in [-0.3, -0.25) is 0 Å². The highest BCUT2D eigenvalue weighted by Crippen LogP contribution is 2.30. The molecular formula is C14H14N4O2S. The van der Waals surface area contributed by atoms with Gasteiger partial charge in [0.2, 0.25) is 5.82 Å². The van der Waals surface area contributed by atoms with Gasteiger partial charge in [-0.1, -0.05) is 11.2 Å². The number of nitrogens with zero attached hydrogens (tertiary/aromatic N) is 3. The zero-order chi connectivity index (χ0) is 14.8. The molecule has 2 N–H and O–H groups in total. The van der Waals surface area contributed by atoms with Gasteiger partial charge in [0.05, 0.1) is 12.7 Å². The van der Waals surface area contributed by atoms with E-state index in [9.17, 15) is 0 Å². The van der Waals surface area contributed by atoms with Crippen LogP contribution in [-0.4, -0.2) is 22.2 Å². The topological polar surface area (TPSA) is 87.1 Å². The second-order valence-corrected chi connectivity index (χ2v) is 5.40. The van der Waals surface area contributed by atoms with Crippen LogP contribution in [0.1, 0.15) is 10.6 Å². The van der Waals surface area contributed by atoms with E-state index in [1.165, 1.54) is 11.3 Å². The largest absolute Gasteiger partial charge is 0.496 e. The molecular weight excluding hydrogens is 288 g/mol. The third-order valence-electron chi connectivity index (χ3n) is 2.97. The number of hydrogen-bond donors (Lipinski definition) is 1. The van der Waals surface area contributed by atoms with Crippen molar-refractivity contribution in [2.75, 3.05) is 7.11 Å². The molecule has 3 rings (SSSR count). The Balaban J connectivity index is 1.98. The number of benzene rings is 1. The predicted octanol–water partition coefficient (Wildman–Crippen LogP) is 2.64. The lowest BCUT2D eigenvalue weighted by Crippen LogP contribution is -1.94. The number of thiazole rings is 1. The van der Waals surface area contributed by atoms with Crippen molar-refractivity contribution in [1.29, 1.82) is 0 Å². The quantitative estimate of drug-likeness (QED) is 0.797. The molecule has 0 radical (unpaired) electrons. The molecule has 0 aliphatic rings. The van der Waals surface area contributed by atoms with Crippen molar-refractivity contribution in [3.05, 3.63) is 34.2 Å². The molecule has 2 aromatic heterocycles. The number of aryl methyl sites for hydroxylation is 1. The Kier molecular flexibility index (Phi) is 3.68. The normalized spacial score (nSPS) is 10.8. The molecule has 0 spiro atoms. The molecule has 0 saturated carbocycles. The summed E-state index contributed by atoms with van der Waals surface area (Å²) in [6, 6.07) is 5.82. The number of hydrogen-bond acceptors (Lipinski definition) is 7. The molecule has 0 fully saturated rings. The van der Waals surface area contributed by atoms with Crippen LogP contribution in [0, 0.1) is 6.92 Å². The maximum absolute atomic E-state index is 5.55. The highest BCUT2D eigenvalue weighted by atomic mass is 32.1. The fourth-order valence-corrected chi connectivity index (χ4v) is 2.57. The van der Waals surface area contributed by atoms with E-state index in [0.29, 0.717) is 29.7 Å². The lowest BCUT2D eigenvalue weighted by atomic mass is 10.1. The van der Waals surface area contributed by atoms with Crippen LogP contribution in [-0.2, 0) is 6.54 Å². The number of methoxy groups -OCH3 is 1. The van der Waals surface area contributed by atoms with E-state index in [2.05, 4.69) is 15.1 Å². The van der Waals surface area contributed by atoms with Gasteiger partial charge in [-0.15, -0.1) is 11.3 Å². The average molecular weight is 302 g/mol. The Bertz CT molecular complexity index is 766. The average Bonchev–Trinajstić information content (AvgIpc) is 3.15. The summed E-state index contributed by atoms with van der Waals surface area (Å²) in [5, 5.41) is 6.69. The van der Waals surface area contributed by atoms with Crippen LogP contribution in [0.25, 0.3) is 23.0 Å². The van der Waals surface area contributed by atoms with Gasteiger partial charge in [-0.2, -0.15) is 4.98 Å². The molecule has 6 nitrogen and oxygen atoms in total. The molecule has 108 valence electrons. The van der Waals surface area contributed by atoms with Gasteiger partial charge in [0, 0.05) is 11.9 Å². The molecule has 0 unspecified atom stereocenters. The summed E-state index contributed by atoms with van der Waals surface area (Å²) in [6.07, 6.45) is 0. The van der Waals surface area contributed by atoms with Crippen LogP contribution in [0.4, 0.5) is 0 Å². The minimum absolute atomic E-state index is 0.378. The van der Waals surface area contributed by atoms with Crippen LogP contribution < -0.4 is 10.5 Å². The second-order valence-electron chi connectivity index (χ2n) is 4.46. The van der Waals surface area contributed by atoms with Gasteiger partial charge in [-0.05, 0) is 24.6 Å². The van der Waals surface area contributed by atoms with Crippen LogP contribution in [0.15, 0.2) is 28.1 Å².